The first kappa shape index (κ1) is 14.8. The molecule has 0 N–H and O–H groups in total. The van der Waals surface area contributed by atoms with Crippen LogP contribution in [0, 0.1) is 34.5 Å². The van der Waals surface area contributed by atoms with Crippen molar-refractivity contribution in [3.05, 3.63) is 0 Å². The average Bonchev–Trinajstić information content (AvgIpc) is 2.79. The van der Waals surface area contributed by atoms with Gasteiger partial charge in [0.05, 0.1) is 0 Å². The van der Waals surface area contributed by atoms with Gasteiger partial charge in [0.25, 0.3) is 0 Å². The molecular weight excluding hydrogens is 279 g/mol. The third kappa shape index (κ3) is 1.71. The summed E-state index contributed by atoms with van der Waals surface area (Å²) in [5.41, 5.74) is -0.132. The minimum atomic E-state index is -1.24. The summed E-state index contributed by atoms with van der Waals surface area (Å²) in [5, 5.41) is 0. The minimum Gasteiger partial charge on any atom is -0.299 e. The molecule has 0 aliphatic heterocycles. The number of Topliss-reactive ketones (excluding diaryl/α,β-unsaturated/α-hetero) is 2. The van der Waals surface area contributed by atoms with E-state index in [-0.39, 0.29) is 22.5 Å². The molecule has 0 radical (unpaired) electrons. The lowest BCUT2D eigenvalue weighted by atomic mass is 9.45. The van der Waals surface area contributed by atoms with E-state index < -0.39 is 6.17 Å². The molecule has 4 aliphatic carbocycles. The quantitative estimate of drug-likeness (QED) is 0.675. The Hall–Kier alpha value is -0.730. The Kier molecular flexibility index (Phi) is 3.13. The average molecular weight is 306 g/mol. The number of alkyl halides is 1. The van der Waals surface area contributed by atoms with Gasteiger partial charge in [-0.15, -0.1) is 0 Å². The van der Waals surface area contributed by atoms with Gasteiger partial charge in [0.1, 0.15) is 5.78 Å². The molecule has 2 nitrogen and oxygen atoms in total. The summed E-state index contributed by atoms with van der Waals surface area (Å²) in [5.74, 6) is 1.82. The molecule has 4 aliphatic rings. The topological polar surface area (TPSA) is 34.1 Å². The monoisotopic (exact) mass is 306 g/mol. The Labute approximate surface area is 132 Å². The Morgan fingerprint density at radius 2 is 1.68 bits per heavy atom. The molecule has 0 heterocycles. The van der Waals surface area contributed by atoms with Crippen LogP contribution in [-0.4, -0.2) is 17.7 Å². The number of hydrogen-bond donors (Lipinski definition) is 0. The molecule has 3 heteroatoms. The molecule has 0 amide bonds. The van der Waals surface area contributed by atoms with Crippen LogP contribution in [-0.2, 0) is 9.59 Å². The molecule has 7 atom stereocenters. The third-order valence-electron chi connectivity index (χ3n) is 8.22. The first-order valence-corrected chi connectivity index (χ1v) is 9.08. The maximum atomic E-state index is 14.5. The molecule has 22 heavy (non-hydrogen) atoms. The second kappa shape index (κ2) is 4.64. The van der Waals surface area contributed by atoms with Crippen molar-refractivity contribution in [2.75, 3.05) is 0 Å². The molecule has 0 aromatic rings. The maximum Gasteiger partial charge on any atom is 0.167 e. The third-order valence-corrected chi connectivity index (χ3v) is 8.22. The lowest BCUT2D eigenvalue weighted by Crippen LogP contribution is -2.56. The van der Waals surface area contributed by atoms with Crippen LogP contribution in [0.4, 0.5) is 4.39 Å². The predicted octanol–water partition coefficient (Wildman–Crippen LogP) is 4.12. The largest absolute Gasteiger partial charge is 0.299 e. The number of carbonyl (C=O) groups excluding carboxylic acids is 2. The van der Waals surface area contributed by atoms with Crippen LogP contribution in [0.3, 0.4) is 0 Å². The second-order valence-electron chi connectivity index (χ2n) is 8.85. The summed E-state index contributed by atoms with van der Waals surface area (Å²) in [7, 11) is 0. The van der Waals surface area contributed by atoms with Gasteiger partial charge in [0, 0.05) is 24.2 Å². The van der Waals surface area contributed by atoms with Crippen molar-refractivity contribution in [3.63, 3.8) is 0 Å². The van der Waals surface area contributed by atoms with Gasteiger partial charge >= 0.3 is 0 Å². The molecule has 122 valence electrons. The highest BCUT2D eigenvalue weighted by molar-refractivity contribution is 5.87. The van der Waals surface area contributed by atoms with Crippen LogP contribution in [0.1, 0.15) is 65.2 Å². The zero-order chi connectivity index (χ0) is 15.7. The van der Waals surface area contributed by atoms with Gasteiger partial charge in [-0.25, -0.2) is 4.39 Å². The smallest absolute Gasteiger partial charge is 0.167 e. The van der Waals surface area contributed by atoms with Crippen LogP contribution in [0.25, 0.3) is 0 Å². The number of halogens is 1. The van der Waals surface area contributed by atoms with Gasteiger partial charge in [-0.3, -0.25) is 9.59 Å². The Bertz CT molecular complexity index is 530. The number of rotatable bonds is 0. The summed E-state index contributed by atoms with van der Waals surface area (Å²) in [6.45, 7) is 4.42. The van der Waals surface area contributed by atoms with Crippen molar-refractivity contribution >= 4 is 11.6 Å². The standard InChI is InChI=1S/C19H27FO2/c1-18-10-8-15(21)17(20)14(18)4-3-11-12-5-6-16(22)19(12,2)9-7-13(11)18/h11-14,17H,3-10H2,1-2H3/t11-,12-,13-,14?,17?,18+,19-/m0/s1. The second-order valence-corrected chi connectivity index (χ2v) is 8.85. The van der Waals surface area contributed by atoms with E-state index in [9.17, 15) is 14.0 Å². The highest BCUT2D eigenvalue weighted by atomic mass is 19.1. The molecule has 0 aromatic heterocycles. The molecule has 4 saturated carbocycles. The molecule has 0 aromatic carbocycles. The molecular formula is C19H27FO2. The molecule has 2 unspecified atom stereocenters. The zero-order valence-corrected chi connectivity index (χ0v) is 13.7. The summed E-state index contributed by atoms with van der Waals surface area (Å²) in [6, 6.07) is 0. The van der Waals surface area contributed by atoms with Crippen LogP contribution < -0.4 is 0 Å². The van der Waals surface area contributed by atoms with E-state index in [2.05, 4.69) is 13.8 Å². The normalized spacial score (nSPS) is 54.6. The molecule has 4 rings (SSSR count). The lowest BCUT2D eigenvalue weighted by molar-refractivity contribution is -0.154. The predicted molar refractivity (Wildman–Crippen MR) is 82.0 cm³/mol. The van der Waals surface area contributed by atoms with Crippen molar-refractivity contribution in [1.29, 1.82) is 0 Å². The molecule has 0 bridgehead atoms. The first-order valence-electron chi connectivity index (χ1n) is 9.08. The van der Waals surface area contributed by atoms with Crippen molar-refractivity contribution in [3.8, 4) is 0 Å². The summed E-state index contributed by atoms with van der Waals surface area (Å²) < 4.78 is 14.5. The van der Waals surface area contributed by atoms with Crippen LogP contribution >= 0.6 is 0 Å². The Balaban J connectivity index is 1.67. The van der Waals surface area contributed by atoms with Gasteiger partial charge in [0.15, 0.2) is 12.0 Å². The van der Waals surface area contributed by atoms with Gasteiger partial charge in [-0.1, -0.05) is 13.8 Å². The molecule has 0 spiro atoms. The van der Waals surface area contributed by atoms with E-state index in [0.717, 1.165) is 44.9 Å². The Morgan fingerprint density at radius 3 is 2.45 bits per heavy atom. The maximum absolute atomic E-state index is 14.5. The number of hydrogen-bond acceptors (Lipinski definition) is 2. The van der Waals surface area contributed by atoms with Gasteiger partial charge < -0.3 is 0 Å². The van der Waals surface area contributed by atoms with Crippen molar-refractivity contribution in [1.82, 2.24) is 0 Å². The summed E-state index contributed by atoms with van der Waals surface area (Å²) in [4.78, 5) is 24.2. The fourth-order valence-corrected chi connectivity index (χ4v) is 6.86. The highest BCUT2D eigenvalue weighted by Crippen LogP contribution is 2.65. The summed E-state index contributed by atoms with van der Waals surface area (Å²) >= 11 is 0. The van der Waals surface area contributed by atoms with Crippen molar-refractivity contribution < 1.29 is 14.0 Å². The molecule has 4 fully saturated rings. The minimum absolute atomic E-state index is 0.0246. The number of ketones is 2. The number of carbonyl (C=O) groups is 2. The van der Waals surface area contributed by atoms with Gasteiger partial charge in [-0.05, 0) is 61.7 Å². The van der Waals surface area contributed by atoms with E-state index >= 15 is 0 Å². The van der Waals surface area contributed by atoms with Gasteiger partial charge in [-0.2, -0.15) is 0 Å². The summed E-state index contributed by atoms with van der Waals surface area (Å²) in [6.07, 6.45) is 5.70. The molecule has 0 saturated heterocycles. The van der Waals surface area contributed by atoms with Crippen LogP contribution in [0.2, 0.25) is 0 Å². The zero-order valence-electron chi connectivity index (χ0n) is 13.7. The van der Waals surface area contributed by atoms with E-state index in [1.54, 1.807) is 0 Å². The Morgan fingerprint density at radius 1 is 0.909 bits per heavy atom. The lowest BCUT2D eigenvalue weighted by Gasteiger charge is -2.59. The van der Waals surface area contributed by atoms with Crippen LogP contribution in [0.15, 0.2) is 0 Å². The van der Waals surface area contributed by atoms with E-state index in [0.29, 0.717) is 30.0 Å². The highest BCUT2D eigenvalue weighted by Gasteiger charge is 2.61. The van der Waals surface area contributed by atoms with E-state index in [4.69, 9.17) is 0 Å². The first-order chi connectivity index (χ1) is 10.4. The SMILES string of the molecule is C[C@]12CCC(=O)C(F)C1CC[C@@H]1[C@@H]2CC[C@]2(C)C(=O)CC[C@@H]12. The van der Waals surface area contributed by atoms with E-state index in [1.807, 2.05) is 0 Å². The number of fused-ring (bicyclic) bond motifs is 5. The fourth-order valence-electron chi connectivity index (χ4n) is 6.86. The van der Waals surface area contributed by atoms with Crippen molar-refractivity contribution in [2.45, 2.75) is 71.4 Å². The van der Waals surface area contributed by atoms with Gasteiger partial charge in [0.2, 0.25) is 0 Å². The van der Waals surface area contributed by atoms with Crippen molar-refractivity contribution in [2.24, 2.45) is 34.5 Å². The van der Waals surface area contributed by atoms with Crippen LogP contribution in [0.5, 0.6) is 0 Å². The fraction of sp³-hybridized carbons (Fsp3) is 0.895. The van der Waals surface area contributed by atoms with E-state index in [1.165, 1.54) is 0 Å².